The van der Waals surface area contributed by atoms with Gasteiger partial charge in [0.1, 0.15) is 5.76 Å². The van der Waals surface area contributed by atoms with Gasteiger partial charge in [0.2, 0.25) is 5.91 Å². The van der Waals surface area contributed by atoms with E-state index in [2.05, 4.69) is 87.7 Å². The predicted octanol–water partition coefficient (Wildman–Crippen LogP) is 7.18. The third kappa shape index (κ3) is 17.8. The molecular formula is C36H60N4O2. The maximum Gasteiger partial charge on any atom is 0.236 e. The lowest BCUT2D eigenvalue weighted by Crippen LogP contribution is -2.46. The molecule has 236 valence electrons. The number of aromatic nitrogens is 1. The van der Waals surface area contributed by atoms with E-state index in [4.69, 9.17) is 10.5 Å². The highest BCUT2D eigenvalue weighted by Gasteiger charge is 2.22. The van der Waals surface area contributed by atoms with Crippen molar-refractivity contribution < 1.29 is 9.53 Å². The molecule has 0 fully saturated rings. The number of aryl methyl sites for hydroxylation is 1. The summed E-state index contributed by atoms with van der Waals surface area (Å²) in [7, 11) is 0. The normalized spacial score (nSPS) is 13.5. The first-order valence-corrected chi connectivity index (χ1v) is 15.9. The van der Waals surface area contributed by atoms with E-state index < -0.39 is 0 Å². The molecule has 0 aromatic carbocycles. The Hall–Kier alpha value is -2.88. The molecule has 0 bridgehead atoms. The number of unbranched alkanes of at least 4 members (excludes halogenated alkanes) is 2. The van der Waals surface area contributed by atoms with Gasteiger partial charge in [-0.25, -0.2) is 0 Å². The minimum Gasteiger partial charge on any atom is -0.493 e. The summed E-state index contributed by atoms with van der Waals surface area (Å²) in [4.78, 5) is 22.4. The summed E-state index contributed by atoms with van der Waals surface area (Å²) in [5.41, 5.74) is 8.03. The van der Waals surface area contributed by atoms with Gasteiger partial charge in [0.05, 0.1) is 13.2 Å². The van der Waals surface area contributed by atoms with Crippen molar-refractivity contribution in [3.05, 3.63) is 65.7 Å². The molecule has 42 heavy (non-hydrogen) atoms. The number of carbonyl (C=O) groups is 1. The van der Waals surface area contributed by atoms with Crippen LogP contribution in [-0.2, 0) is 16.0 Å². The average molecular weight is 581 g/mol. The molecular weight excluding hydrogens is 520 g/mol. The highest BCUT2D eigenvalue weighted by Crippen LogP contribution is 2.16. The van der Waals surface area contributed by atoms with Gasteiger partial charge in [-0.3, -0.25) is 14.7 Å². The molecule has 1 aromatic rings. The van der Waals surface area contributed by atoms with Gasteiger partial charge < -0.3 is 15.4 Å². The quantitative estimate of drug-likeness (QED) is 0.0681. The van der Waals surface area contributed by atoms with Crippen molar-refractivity contribution in [2.45, 2.75) is 99.0 Å². The summed E-state index contributed by atoms with van der Waals surface area (Å²) >= 11 is 0. The van der Waals surface area contributed by atoms with Crippen LogP contribution in [0.1, 0.15) is 92.2 Å². The van der Waals surface area contributed by atoms with Gasteiger partial charge >= 0.3 is 0 Å². The van der Waals surface area contributed by atoms with Crippen LogP contribution < -0.4 is 5.73 Å². The van der Waals surface area contributed by atoms with Crippen molar-refractivity contribution in [3.63, 3.8) is 0 Å². The van der Waals surface area contributed by atoms with Crippen molar-refractivity contribution >= 4 is 5.91 Å². The summed E-state index contributed by atoms with van der Waals surface area (Å²) in [6.45, 7) is 17.2. The molecule has 1 rings (SSSR count). The standard InChI is InChI=1S/C34H58N4O2.C2H2/c1-7-10-24-37(25-16-22-35)34(39)28-38(31(6)20-21-32-18-14-15-23-36-32)27-29(4)17-12-13-19-33(30(5)9-3)40-26-11-8-2;1-2/h9,12-15,18-19,23,29,31H,7-8,10-11,16-17,20-22,24-28,35H2,1-6H3;1-2H/b13-12?,30-9-,33-19+;. The molecule has 2 atom stereocenters. The molecule has 0 saturated carbocycles. The first-order chi connectivity index (χ1) is 20.4. The van der Waals surface area contributed by atoms with Gasteiger partial charge in [-0.2, -0.15) is 0 Å². The van der Waals surface area contributed by atoms with Crippen molar-refractivity contribution in [3.8, 4) is 12.8 Å². The third-order valence-corrected chi connectivity index (χ3v) is 7.32. The predicted molar refractivity (Wildman–Crippen MR) is 180 cm³/mol. The highest BCUT2D eigenvalue weighted by molar-refractivity contribution is 5.78. The molecule has 2 N–H and O–H groups in total. The van der Waals surface area contributed by atoms with Gasteiger partial charge in [0.25, 0.3) is 0 Å². The number of pyridine rings is 1. The van der Waals surface area contributed by atoms with Crippen LogP contribution in [0.2, 0.25) is 0 Å². The lowest BCUT2D eigenvalue weighted by molar-refractivity contribution is -0.133. The smallest absolute Gasteiger partial charge is 0.236 e. The lowest BCUT2D eigenvalue weighted by Gasteiger charge is -2.33. The summed E-state index contributed by atoms with van der Waals surface area (Å²) < 4.78 is 6.00. The minimum absolute atomic E-state index is 0.216. The fourth-order valence-corrected chi connectivity index (χ4v) is 4.46. The van der Waals surface area contributed by atoms with Crippen LogP contribution in [-0.4, -0.2) is 66.1 Å². The second-order valence-electron chi connectivity index (χ2n) is 11.0. The Morgan fingerprint density at radius 3 is 2.45 bits per heavy atom. The van der Waals surface area contributed by atoms with Gasteiger partial charge in [-0.05, 0) is 95.5 Å². The summed E-state index contributed by atoms with van der Waals surface area (Å²) in [6.07, 6.45) is 26.3. The zero-order valence-electron chi connectivity index (χ0n) is 27.6. The molecule has 1 aromatic heterocycles. The van der Waals surface area contributed by atoms with E-state index in [1.807, 2.05) is 30.2 Å². The summed E-state index contributed by atoms with van der Waals surface area (Å²) in [5.74, 6) is 1.57. The van der Waals surface area contributed by atoms with Crippen LogP contribution in [0.5, 0.6) is 0 Å². The van der Waals surface area contributed by atoms with Crippen LogP contribution in [0.3, 0.4) is 0 Å². The molecule has 0 radical (unpaired) electrons. The number of nitrogens with two attached hydrogens (primary N) is 1. The van der Waals surface area contributed by atoms with Gasteiger partial charge in [0.15, 0.2) is 0 Å². The molecule has 0 aliphatic carbocycles. The van der Waals surface area contributed by atoms with Crippen molar-refractivity contribution in [1.29, 1.82) is 0 Å². The highest BCUT2D eigenvalue weighted by atomic mass is 16.5. The van der Waals surface area contributed by atoms with Gasteiger partial charge in [-0.1, -0.05) is 57.9 Å². The van der Waals surface area contributed by atoms with Crippen molar-refractivity contribution in [1.82, 2.24) is 14.8 Å². The van der Waals surface area contributed by atoms with Crippen LogP contribution in [0, 0.1) is 18.8 Å². The fourth-order valence-electron chi connectivity index (χ4n) is 4.46. The first kappa shape index (κ1) is 39.1. The maximum absolute atomic E-state index is 13.5. The molecule has 6 heteroatoms. The zero-order valence-corrected chi connectivity index (χ0v) is 27.6. The molecule has 6 nitrogen and oxygen atoms in total. The topological polar surface area (TPSA) is 71.7 Å². The number of nitrogens with zero attached hydrogens (tertiary/aromatic N) is 3. The second kappa shape index (κ2) is 25.8. The number of ether oxygens (including phenoxy) is 1. The minimum atomic E-state index is 0.216. The number of hydrogen-bond acceptors (Lipinski definition) is 5. The molecule has 0 aliphatic rings. The van der Waals surface area contributed by atoms with Crippen LogP contribution >= 0.6 is 0 Å². The van der Waals surface area contributed by atoms with E-state index in [1.165, 1.54) is 0 Å². The Morgan fingerprint density at radius 1 is 1.12 bits per heavy atom. The number of amides is 1. The monoisotopic (exact) mass is 580 g/mol. The van der Waals surface area contributed by atoms with E-state index >= 15 is 0 Å². The zero-order chi connectivity index (χ0) is 31.6. The molecule has 2 unspecified atom stereocenters. The Kier molecular flexibility index (Phi) is 24.0. The number of rotatable bonds is 22. The Balaban J connectivity index is 0.00000821. The number of carbonyl (C=O) groups excluding carboxylic acids is 1. The lowest BCUT2D eigenvalue weighted by atomic mass is 10.0. The van der Waals surface area contributed by atoms with E-state index in [9.17, 15) is 4.79 Å². The Labute approximate surface area is 258 Å². The van der Waals surface area contributed by atoms with Crippen LogP contribution in [0.15, 0.2) is 60.0 Å². The van der Waals surface area contributed by atoms with E-state index in [0.717, 1.165) is 94.6 Å². The fraction of sp³-hybridized carbons (Fsp3) is 0.611. The molecule has 0 saturated heterocycles. The second-order valence-corrected chi connectivity index (χ2v) is 11.0. The first-order valence-electron chi connectivity index (χ1n) is 15.9. The van der Waals surface area contributed by atoms with Gasteiger partial charge in [-0.15, -0.1) is 12.8 Å². The Morgan fingerprint density at radius 2 is 1.83 bits per heavy atom. The average Bonchev–Trinajstić information content (AvgIpc) is 3.01. The summed E-state index contributed by atoms with van der Waals surface area (Å²) in [6, 6.07) is 6.35. The summed E-state index contributed by atoms with van der Waals surface area (Å²) in [5, 5.41) is 0. The Bertz CT molecular complexity index is 915. The maximum atomic E-state index is 13.5. The largest absolute Gasteiger partial charge is 0.493 e. The molecule has 1 heterocycles. The SMILES string of the molecule is C#C.C/C=C(C)\C(=C/C=CCC(C)CN(CC(=O)N(CCCC)CCCN)C(C)CCc1ccccn1)OCCCC. The molecule has 1 amide bonds. The van der Waals surface area contributed by atoms with Crippen molar-refractivity contribution in [2.75, 3.05) is 39.3 Å². The van der Waals surface area contributed by atoms with Crippen molar-refractivity contribution in [2.24, 2.45) is 11.7 Å². The van der Waals surface area contributed by atoms with Crippen LogP contribution in [0.4, 0.5) is 0 Å². The number of terminal acetylenes is 1. The van der Waals surface area contributed by atoms with E-state index in [-0.39, 0.29) is 11.9 Å². The van der Waals surface area contributed by atoms with E-state index in [0.29, 0.717) is 19.0 Å². The number of allylic oxidation sites excluding steroid dienone is 5. The molecule has 0 aliphatic heterocycles. The molecule has 0 spiro atoms. The van der Waals surface area contributed by atoms with Gasteiger partial charge in [0, 0.05) is 37.6 Å². The number of hydrogen-bond donors (Lipinski definition) is 1. The third-order valence-electron chi connectivity index (χ3n) is 7.32. The van der Waals surface area contributed by atoms with E-state index in [1.54, 1.807) is 0 Å². The van der Waals surface area contributed by atoms with Crippen LogP contribution in [0.25, 0.3) is 0 Å².